The van der Waals surface area contributed by atoms with E-state index < -0.39 is 0 Å². The van der Waals surface area contributed by atoms with Crippen molar-refractivity contribution >= 4 is 34.8 Å². The van der Waals surface area contributed by atoms with Gasteiger partial charge in [0.2, 0.25) is 0 Å². The topological polar surface area (TPSA) is 66.4 Å². The van der Waals surface area contributed by atoms with Crippen molar-refractivity contribution in [2.75, 3.05) is 43.1 Å². The van der Waals surface area contributed by atoms with E-state index in [1.165, 1.54) is 5.56 Å². The highest BCUT2D eigenvalue weighted by Gasteiger charge is 2.25. The second kappa shape index (κ2) is 8.04. The summed E-state index contributed by atoms with van der Waals surface area (Å²) in [5, 5.41) is 4.33. The summed E-state index contributed by atoms with van der Waals surface area (Å²) in [6.45, 7) is 1.13. The number of nitrogens with one attached hydrogen (secondary N) is 1. The van der Waals surface area contributed by atoms with E-state index in [4.69, 9.17) is 4.74 Å². The number of fused-ring (bicyclic) bond motifs is 2. The van der Waals surface area contributed by atoms with Crippen LogP contribution >= 0.6 is 11.8 Å². The maximum absolute atomic E-state index is 5.42. The Morgan fingerprint density at radius 1 is 1.11 bits per heavy atom. The molecule has 7 nitrogen and oxygen atoms in total. The standard InChI is InChI=1S/C20H22N6OS/c1-25(2)18-7-5-15(12-24-18)23-11-14-4-6-17-16(10-14)26(13-27-3)19-20(28-17)22-9-8-21-19/h4-10,12,23H,11,13H2,1-3H3. The lowest BCUT2D eigenvalue weighted by Gasteiger charge is -2.30. The molecule has 28 heavy (non-hydrogen) atoms. The van der Waals surface area contributed by atoms with Crippen LogP contribution in [-0.2, 0) is 11.3 Å². The zero-order valence-electron chi connectivity index (χ0n) is 16.1. The molecule has 144 valence electrons. The lowest BCUT2D eigenvalue weighted by molar-refractivity contribution is 0.204. The zero-order valence-corrected chi connectivity index (χ0v) is 16.9. The SMILES string of the molecule is COCN1c2cc(CNc3ccc(N(C)C)nc3)ccc2Sc2nccnc21. The highest BCUT2D eigenvalue weighted by atomic mass is 32.2. The van der Waals surface area contributed by atoms with Crippen molar-refractivity contribution in [2.45, 2.75) is 16.5 Å². The molecule has 0 spiro atoms. The number of aromatic nitrogens is 3. The van der Waals surface area contributed by atoms with Crippen LogP contribution in [-0.4, -0.2) is 42.9 Å². The molecule has 2 aromatic heterocycles. The summed E-state index contributed by atoms with van der Waals surface area (Å²) >= 11 is 1.63. The van der Waals surface area contributed by atoms with Crippen LogP contribution < -0.4 is 15.1 Å². The molecule has 4 rings (SSSR count). The molecular formula is C20H22N6OS. The minimum Gasteiger partial charge on any atom is -0.380 e. The van der Waals surface area contributed by atoms with E-state index in [0.717, 1.165) is 32.9 Å². The number of methoxy groups -OCH3 is 1. The molecule has 1 aliphatic heterocycles. The maximum atomic E-state index is 5.42. The third-order valence-corrected chi connectivity index (χ3v) is 5.43. The Morgan fingerprint density at radius 2 is 1.96 bits per heavy atom. The van der Waals surface area contributed by atoms with Gasteiger partial charge >= 0.3 is 0 Å². The molecule has 0 radical (unpaired) electrons. The van der Waals surface area contributed by atoms with Gasteiger partial charge in [0.15, 0.2) is 5.82 Å². The smallest absolute Gasteiger partial charge is 0.168 e. The molecule has 1 aliphatic rings. The molecule has 1 aromatic carbocycles. The number of anilines is 4. The molecule has 0 atom stereocenters. The first-order valence-electron chi connectivity index (χ1n) is 8.91. The summed E-state index contributed by atoms with van der Waals surface area (Å²) < 4.78 is 5.42. The van der Waals surface area contributed by atoms with Gasteiger partial charge in [-0.3, -0.25) is 4.90 Å². The van der Waals surface area contributed by atoms with Crippen molar-refractivity contribution in [1.29, 1.82) is 0 Å². The largest absolute Gasteiger partial charge is 0.380 e. The molecule has 0 amide bonds. The van der Waals surface area contributed by atoms with Gasteiger partial charge in [0.1, 0.15) is 17.6 Å². The van der Waals surface area contributed by atoms with E-state index in [1.807, 2.05) is 37.3 Å². The second-order valence-electron chi connectivity index (χ2n) is 6.59. The third-order valence-electron chi connectivity index (χ3n) is 4.38. The summed E-state index contributed by atoms with van der Waals surface area (Å²) in [6, 6.07) is 10.5. The molecule has 0 saturated heterocycles. The van der Waals surface area contributed by atoms with Crippen LogP contribution in [0.2, 0.25) is 0 Å². The van der Waals surface area contributed by atoms with Crippen molar-refractivity contribution < 1.29 is 4.74 Å². The number of nitrogens with zero attached hydrogens (tertiary/aromatic N) is 5. The summed E-state index contributed by atoms with van der Waals surface area (Å²) in [4.78, 5) is 18.6. The summed E-state index contributed by atoms with van der Waals surface area (Å²) in [6.07, 6.45) is 5.28. The molecule has 0 unspecified atom stereocenters. The third kappa shape index (κ3) is 3.74. The van der Waals surface area contributed by atoms with Crippen LogP contribution in [0.4, 0.5) is 23.0 Å². The zero-order chi connectivity index (χ0) is 19.5. The van der Waals surface area contributed by atoms with E-state index >= 15 is 0 Å². The minimum absolute atomic E-state index is 0.423. The van der Waals surface area contributed by atoms with Gasteiger partial charge in [0, 0.05) is 45.0 Å². The number of benzene rings is 1. The van der Waals surface area contributed by atoms with Crippen LogP contribution in [0.25, 0.3) is 0 Å². The van der Waals surface area contributed by atoms with Crippen LogP contribution in [0.15, 0.2) is 58.8 Å². The Hall–Kier alpha value is -2.84. The predicted octanol–water partition coefficient (Wildman–Crippen LogP) is 3.76. The van der Waals surface area contributed by atoms with Gasteiger partial charge in [0.25, 0.3) is 0 Å². The van der Waals surface area contributed by atoms with Crippen molar-refractivity contribution in [2.24, 2.45) is 0 Å². The molecule has 0 saturated carbocycles. The van der Waals surface area contributed by atoms with Crippen LogP contribution in [0.3, 0.4) is 0 Å². The van der Waals surface area contributed by atoms with Gasteiger partial charge in [-0.2, -0.15) is 0 Å². The lowest BCUT2D eigenvalue weighted by atomic mass is 10.1. The summed E-state index contributed by atoms with van der Waals surface area (Å²) in [7, 11) is 5.65. The van der Waals surface area contributed by atoms with Crippen molar-refractivity contribution in [3.63, 3.8) is 0 Å². The molecule has 1 N–H and O–H groups in total. The molecule has 8 heteroatoms. The fourth-order valence-electron chi connectivity index (χ4n) is 2.98. The molecule has 3 heterocycles. The summed E-state index contributed by atoms with van der Waals surface area (Å²) in [5.41, 5.74) is 3.24. The van der Waals surface area contributed by atoms with E-state index in [9.17, 15) is 0 Å². The molecule has 0 fully saturated rings. The number of ether oxygens (including phenoxy) is 1. The number of hydrogen-bond acceptors (Lipinski definition) is 8. The molecule has 0 bridgehead atoms. The van der Waals surface area contributed by atoms with Gasteiger partial charge in [-0.15, -0.1) is 0 Å². The van der Waals surface area contributed by atoms with Gasteiger partial charge in [0.05, 0.1) is 17.6 Å². The lowest BCUT2D eigenvalue weighted by Crippen LogP contribution is -2.24. The van der Waals surface area contributed by atoms with Gasteiger partial charge in [-0.05, 0) is 29.8 Å². The normalized spacial score (nSPS) is 12.3. The fraction of sp³-hybridized carbons (Fsp3) is 0.250. The van der Waals surface area contributed by atoms with E-state index in [2.05, 4.69) is 43.4 Å². The highest BCUT2D eigenvalue weighted by Crippen LogP contribution is 2.46. The molecular weight excluding hydrogens is 372 g/mol. The maximum Gasteiger partial charge on any atom is 0.168 e. The van der Waals surface area contributed by atoms with Gasteiger partial charge in [-0.1, -0.05) is 17.8 Å². The van der Waals surface area contributed by atoms with Crippen LogP contribution in [0, 0.1) is 0 Å². The Bertz CT molecular complexity index is 963. The Morgan fingerprint density at radius 3 is 2.71 bits per heavy atom. The highest BCUT2D eigenvalue weighted by molar-refractivity contribution is 7.99. The Labute approximate surface area is 168 Å². The predicted molar refractivity (Wildman–Crippen MR) is 113 cm³/mol. The van der Waals surface area contributed by atoms with Gasteiger partial charge < -0.3 is 15.0 Å². The number of hydrogen-bond donors (Lipinski definition) is 1. The number of pyridine rings is 1. The first kappa shape index (κ1) is 18.5. The quantitative estimate of drug-likeness (QED) is 0.678. The van der Waals surface area contributed by atoms with Crippen molar-refractivity contribution in [3.8, 4) is 0 Å². The minimum atomic E-state index is 0.423. The average Bonchev–Trinajstić information content (AvgIpc) is 2.72. The molecule has 0 aliphatic carbocycles. The van der Waals surface area contributed by atoms with Gasteiger partial charge in [-0.25, -0.2) is 15.0 Å². The van der Waals surface area contributed by atoms with Crippen molar-refractivity contribution in [3.05, 3.63) is 54.5 Å². The van der Waals surface area contributed by atoms with E-state index in [1.54, 1.807) is 31.3 Å². The van der Waals surface area contributed by atoms with Crippen LogP contribution in [0.1, 0.15) is 5.56 Å². The Balaban J connectivity index is 1.54. The Kier molecular flexibility index (Phi) is 5.31. The monoisotopic (exact) mass is 394 g/mol. The van der Waals surface area contributed by atoms with Crippen LogP contribution in [0.5, 0.6) is 0 Å². The summed E-state index contributed by atoms with van der Waals surface area (Å²) in [5.74, 6) is 1.77. The molecule has 3 aromatic rings. The first-order valence-corrected chi connectivity index (χ1v) is 9.73. The fourth-order valence-corrected chi connectivity index (χ4v) is 3.97. The second-order valence-corrected chi connectivity index (χ2v) is 7.62. The number of rotatable bonds is 6. The first-order chi connectivity index (χ1) is 13.7. The van der Waals surface area contributed by atoms with E-state index in [-0.39, 0.29) is 0 Å². The average molecular weight is 395 g/mol. The van der Waals surface area contributed by atoms with Crippen molar-refractivity contribution in [1.82, 2.24) is 15.0 Å². The van der Waals surface area contributed by atoms with E-state index in [0.29, 0.717) is 13.3 Å².